The Morgan fingerprint density at radius 3 is 2.42 bits per heavy atom. The Labute approximate surface area is 160 Å². The summed E-state index contributed by atoms with van der Waals surface area (Å²) in [5.74, 6) is 0.743. The molecule has 1 aliphatic rings. The number of rotatable bonds is 10. The fourth-order valence-electron chi connectivity index (χ4n) is 2.42. The van der Waals surface area contributed by atoms with Crippen LogP contribution in [0.4, 0.5) is 0 Å². The highest BCUT2D eigenvalue weighted by molar-refractivity contribution is 8.03. The molecule has 1 aliphatic carbocycles. The van der Waals surface area contributed by atoms with Crippen LogP contribution in [0.1, 0.15) is 45.1 Å². The molecule has 0 aliphatic heterocycles. The first-order valence-corrected chi connectivity index (χ1v) is 10.1. The third-order valence-corrected chi connectivity index (χ3v) is 5.10. The molecular formula is C21H28N2O2S. The van der Waals surface area contributed by atoms with Gasteiger partial charge in [-0.3, -0.25) is 0 Å². The fraction of sp³-hybridized carbons (Fsp3) is 0.476. The van der Waals surface area contributed by atoms with E-state index in [2.05, 4.69) is 49.8 Å². The van der Waals surface area contributed by atoms with Crippen molar-refractivity contribution >= 4 is 17.5 Å². The first-order valence-electron chi connectivity index (χ1n) is 9.32. The highest BCUT2D eigenvalue weighted by Gasteiger charge is 2.29. The number of unbranched alkanes of at least 4 members (excludes halogenated alkanes) is 2. The van der Waals surface area contributed by atoms with Gasteiger partial charge in [-0.1, -0.05) is 56.1 Å². The van der Waals surface area contributed by atoms with Crippen LogP contribution in [0.2, 0.25) is 0 Å². The second-order valence-corrected chi connectivity index (χ2v) is 7.44. The summed E-state index contributed by atoms with van der Waals surface area (Å²) in [6, 6.07) is 8.41. The lowest BCUT2D eigenvalue weighted by Gasteiger charge is -2.20. The Balaban J connectivity index is 2.21. The zero-order valence-electron chi connectivity index (χ0n) is 15.9. The summed E-state index contributed by atoms with van der Waals surface area (Å²) in [5.41, 5.74) is 11.1. The molecular weight excluding hydrogens is 344 g/mol. The maximum absolute atomic E-state index is 9.39. The number of ether oxygens (including phenoxy) is 2. The molecule has 0 amide bonds. The molecule has 0 aromatic heterocycles. The van der Waals surface area contributed by atoms with Crippen molar-refractivity contribution in [3.63, 3.8) is 0 Å². The topological polar surface area (TPSA) is 54.9 Å². The summed E-state index contributed by atoms with van der Waals surface area (Å²) in [4.78, 5) is 5.56. The monoisotopic (exact) mass is 372 g/mol. The van der Waals surface area contributed by atoms with Crippen LogP contribution in [0.3, 0.4) is 0 Å². The molecule has 1 aromatic carbocycles. The van der Waals surface area contributed by atoms with E-state index in [0.717, 1.165) is 41.2 Å². The van der Waals surface area contributed by atoms with E-state index >= 15 is 0 Å². The second-order valence-electron chi connectivity index (χ2n) is 6.33. The zero-order chi connectivity index (χ0) is 18.8. The van der Waals surface area contributed by atoms with Gasteiger partial charge in [-0.15, -0.1) is 0 Å². The minimum Gasteiger partial charge on any atom is -0.492 e. The van der Waals surface area contributed by atoms with Crippen LogP contribution in [-0.4, -0.2) is 29.8 Å². The highest BCUT2D eigenvalue weighted by Crippen LogP contribution is 2.35. The van der Waals surface area contributed by atoms with E-state index in [4.69, 9.17) is 9.47 Å². The van der Waals surface area contributed by atoms with E-state index in [1.807, 2.05) is 6.08 Å². The van der Waals surface area contributed by atoms with Gasteiger partial charge in [0, 0.05) is 11.5 Å². The Morgan fingerprint density at radius 2 is 1.77 bits per heavy atom. The normalized spacial score (nSPS) is 16.7. The molecule has 1 unspecified atom stereocenters. The van der Waals surface area contributed by atoms with Gasteiger partial charge < -0.3 is 15.0 Å². The number of hydrogen-bond donors (Lipinski definition) is 0. The van der Waals surface area contributed by atoms with E-state index in [0.29, 0.717) is 18.9 Å². The largest absolute Gasteiger partial charge is 0.492 e. The molecule has 0 heterocycles. The molecule has 2 rings (SSSR count). The lowest BCUT2D eigenvalue weighted by molar-refractivity contribution is -0.0233. The maximum Gasteiger partial charge on any atom is 0.328 e. The van der Waals surface area contributed by atoms with Crippen LogP contribution in [-0.2, 0) is 9.47 Å². The smallest absolute Gasteiger partial charge is 0.328 e. The van der Waals surface area contributed by atoms with Gasteiger partial charge in [-0.25, -0.2) is 0 Å². The van der Waals surface area contributed by atoms with Crippen molar-refractivity contribution in [2.45, 2.75) is 57.5 Å². The molecule has 26 heavy (non-hydrogen) atoms. The van der Waals surface area contributed by atoms with Gasteiger partial charge in [0.2, 0.25) is 0 Å². The van der Waals surface area contributed by atoms with Crippen LogP contribution in [0.15, 0.2) is 52.0 Å². The summed E-state index contributed by atoms with van der Waals surface area (Å²) in [6.07, 6.45) is 7.54. The summed E-state index contributed by atoms with van der Waals surface area (Å²) in [5, 5.41) is 0. The molecule has 5 heteroatoms. The number of nitrogens with zero attached hydrogens (tertiary/aromatic N) is 2. The number of benzene rings is 1. The van der Waals surface area contributed by atoms with Gasteiger partial charge in [0.25, 0.3) is 0 Å². The average Bonchev–Trinajstić information content (AvgIpc) is 2.65. The van der Waals surface area contributed by atoms with E-state index in [9.17, 15) is 5.53 Å². The van der Waals surface area contributed by atoms with Crippen LogP contribution in [0.25, 0.3) is 5.53 Å². The molecule has 0 N–H and O–H groups in total. The van der Waals surface area contributed by atoms with Crippen LogP contribution in [0, 0.1) is 6.92 Å². The third kappa shape index (κ3) is 6.17. The predicted molar refractivity (Wildman–Crippen MR) is 107 cm³/mol. The van der Waals surface area contributed by atoms with Crippen molar-refractivity contribution in [3.8, 4) is 0 Å². The number of hydrogen-bond acceptors (Lipinski definition) is 3. The zero-order valence-corrected chi connectivity index (χ0v) is 16.7. The van der Waals surface area contributed by atoms with Gasteiger partial charge in [0.1, 0.15) is 5.76 Å². The third-order valence-electron chi connectivity index (χ3n) is 4.03. The minimum absolute atomic E-state index is 0.349. The molecule has 0 spiro atoms. The van der Waals surface area contributed by atoms with E-state index < -0.39 is 0 Å². The predicted octanol–water partition coefficient (Wildman–Crippen LogP) is 5.54. The minimum atomic E-state index is -0.349. The SMILES string of the molecule is CCCCOC1=CC(=[N+]=[N-])C(OCCCC)C=C1Sc1ccc(C)cc1. The Kier molecular flexibility index (Phi) is 8.69. The average molecular weight is 373 g/mol. The van der Waals surface area contributed by atoms with E-state index in [1.165, 1.54) is 5.56 Å². The van der Waals surface area contributed by atoms with Crippen LogP contribution in [0.5, 0.6) is 0 Å². The molecule has 0 saturated heterocycles. The van der Waals surface area contributed by atoms with E-state index in [-0.39, 0.29) is 6.10 Å². The van der Waals surface area contributed by atoms with Crippen molar-refractivity contribution in [2.75, 3.05) is 13.2 Å². The quantitative estimate of drug-likeness (QED) is 0.308. The Morgan fingerprint density at radius 1 is 1.08 bits per heavy atom. The van der Waals surface area contributed by atoms with Crippen LogP contribution < -0.4 is 0 Å². The molecule has 0 bridgehead atoms. The molecule has 0 saturated carbocycles. The molecule has 4 nitrogen and oxygen atoms in total. The summed E-state index contributed by atoms with van der Waals surface area (Å²) in [7, 11) is 0. The standard InChI is InChI=1S/C21H28N2O2S/c1-4-6-12-24-19-15-21(26-17-10-8-16(3)9-11-17)20(14-18(19)23-22)25-13-7-5-2/h8-11,14-15,19H,4-7,12-13H2,1-3H3. The Bertz CT molecular complexity index is 688. The highest BCUT2D eigenvalue weighted by atomic mass is 32.2. The van der Waals surface area contributed by atoms with Gasteiger partial charge in [0.05, 0.1) is 17.6 Å². The van der Waals surface area contributed by atoms with Crippen molar-refractivity contribution in [3.05, 3.63) is 58.2 Å². The van der Waals surface area contributed by atoms with Gasteiger partial charge in [0.15, 0.2) is 6.10 Å². The molecule has 140 valence electrons. The number of thioether (sulfide) groups is 1. The van der Waals surface area contributed by atoms with Crippen molar-refractivity contribution in [1.82, 2.24) is 0 Å². The second kappa shape index (κ2) is 11.0. The molecule has 1 atom stereocenters. The first kappa shape index (κ1) is 20.5. The van der Waals surface area contributed by atoms with Crippen molar-refractivity contribution < 1.29 is 14.3 Å². The lowest BCUT2D eigenvalue weighted by Crippen LogP contribution is -2.26. The summed E-state index contributed by atoms with van der Waals surface area (Å²) in [6.45, 7) is 7.62. The van der Waals surface area contributed by atoms with Crippen LogP contribution >= 0.6 is 11.8 Å². The van der Waals surface area contributed by atoms with E-state index in [1.54, 1.807) is 17.8 Å². The van der Waals surface area contributed by atoms with Gasteiger partial charge in [-0.2, -0.15) is 4.79 Å². The summed E-state index contributed by atoms with van der Waals surface area (Å²) < 4.78 is 11.9. The lowest BCUT2D eigenvalue weighted by atomic mass is 10.1. The summed E-state index contributed by atoms with van der Waals surface area (Å²) >= 11 is 1.65. The molecule has 1 aromatic rings. The van der Waals surface area contributed by atoms with Gasteiger partial charge in [-0.05, 0) is 38.0 Å². The maximum atomic E-state index is 9.39. The first-order chi connectivity index (χ1) is 12.7. The fourth-order valence-corrected chi connectivity index (χ4v) is 3.36. The number of aryl methyl sites for hydroxylation is 1. The van der Waals surface area contributed by atoms with Gasteiger partial charge >= 0.3 is 5.71 Å². The Hall–Kier alpha value is -1.81. The van der Waals surface area contributed by atoms with Crippen molar-refractivity contribution in [1.29, 1.82) is 0 Å². The van der Waals surface area contributed by atoms with Crippen molar-refractivity contribution in [2.24, 2.45) is 0 Å². The molecule has 0 fully saturated rings. The molecule has 0 radical (unpaired) electrons.